The molecule has 254 valence electrons. The van der Waals surface area contributed by atoms with Gasteiger partial charge in [0.25, 0.3) is 0 Å². The highest BCUT2D eigenvalue weighted by Gasteiger charge is 2.71. The van der Waals surface area contributed by atoms with Gasteiger partial charge in [-0.05, 0) is 124 Å². The summed E-state index contributed by atoms with van der Waals surface area (Å²) in [6.45, 7) is 17.5. The van der Waals surface area contributed by atoms with Crippen LogP contribution in [0.2, 0.25) is 0 Å². The fraction of sp³-hybridized carbons (Fsp3) is 0.944. The van der Waals surface area contributed by atoms with Gasteiger partial charge < -0.3 is 40.1 Å². The van der Waals surface area contributed by atoms with Crippen molar-refractivity contribution in [1.82, 2.24) is 0 Å². The topological polar surface area (TPSA) is 140 Å². The van der Waals surface area contributed by atoms with E-state index in [0.717, 1.165) is 51.4 Å². The third-order valence-electron chi connectivity index (χ3n) is 14.5. The Balaban J connectivity index is 1.37. The maximum atomic E-state index is 12.0. The number of allylic oxidation sites excluding steroid dienone is 2. The van der Waals surface area contributed by atoms with Crippen LogP contribution in [-0.4, -0.2) is 85.8 Å². The van der Waals surface area contributed by atoms with Gasteiger partial charge in [0.05, 0.1) is 24.4 Å². The molecule has 0 aromatic rings. The summed E-state index contributed by atoms with van der Waals surface area (Å²) >= 11 is 0. The lowest BCUT2D eigenvalue weighted by Crippen LogP contribution is -2.67. The second-order valence-electron chi connectivity index (χ2n) is 17.3. The number of aliphatic hydroxyl groups excluding tert-OH is 5. The van der Waals surface area contributed by atoms with E-state index in [1.54, 1.807) is 0 Å². The molecule has 15 atom stereocenters. The van der Waals surface area contributed by atoms with Crippen molar-refractivity contribution >= 4 is 0 Å². The van der Waals surface area contributed by atoms with E-state index >= 15 is 0 Å². The molecule has 6 N–H and O–H groups in total. The van der Waals surface area contributed by atoms with Crippen LogP contribution in [0.3, 0.4) is 0 Å². The second kappa shape index (κ2) is 11.8. The minimum absolute atomic E-state index is 0.0231. The molecule has 1 saturated heterocycles. The Morgan fingerprint density at radius 2 is 1.55 bits per heavy atom. The van der Waals surface area contributed by atoms with Gasteiger partial charge in [-0.3, -0.25) is 0 Å². The van der Waals surface area contributed by atoms with E-state index < -0.39 is 49.0 Å². The zero-order valence-corrected chi connectivity index (χ0v) is 28.5. The lowest BCUT2D eigenvalue weighted by atomic mass is 9.35. The molecule has 0 radical (unpaired) electrons. The van der Waals surface area contributed by atoms with E-state index in [2.05, 4.69) is 54.5 Å². The Labute approximate surface area is 265 Å². The summed E-state index contributed by atoms with van der Waals surface area (Å²) in [5.41, 5.74) is 0.122. The summed E-state index contributed by atoms with van der Waals surface area (Å²) in [5.74, 6) is 0.792. The van der Waals surface area contributed by atoms with Crippen molar-refractivity contribution in [1.29, 1.82) is 0 Å². The molecule has 1 heterocycles. The van der Waals surface area contributed by atoms with Crippen LogP contribution in [0, 0.1) is 45.3 Å². The SMILES string of the molecule is CC(C)=CCCC(C)(O)[C@H]1CC[C@]2(C)[C@@H]1[C@H](O)C[C@@H]1[C@@]3(C)CC[C@H](O[C@H]4O[C@H](CO)[C@@H](O)[C@H](O)[C@H]4O)C(C)(C)[C@@H]3CC[C@]12C. The third-order valence-corrected chi connectivity index (χ3v) is 14.5. The number of ether oxygens (including phenoxy) is 2. The molecule has 5 fully saturated rings. The molecule has 0 spiro atoms. The predicted octanol–water partition coefficient (Wildman–Crippen LogP) is 4.32. The van der Waals surface area contributed by atoms with E-state index in [1.807, 2.05) is 6.92 Å². The monoisotopic (exact) mass is 622 g/mol. The zero-order chi connectivity index (χ0) is 32.6. The highest BCUT2D eigenvalue weighted by atomic mass is 16.7. The van der Waals surface area contributed by atoms with E-state index in [9.17, 15) is 30.6 Å². The number of rotatable bonds is 7. The van der Waals surface area contributed by atoms with Gasteiger partial charge in [-0.2, -0.15) is 0 Å². The maximum Gasteiger partial charge on any atom is 0.186 e. The molecule has 4 saturated carbocycles. The van der Waals surface area contributed by atoms with Crippen molar-refractivity contribution in [3.63, 3.8) is 0 Å². The minimum atomic E-state index is -1.46. The summed E-state index contributed by atoms with van der Waals surface area (Å²) in [6.07, 6.45) is 3.15. The van der Waals surface area contributed by atoms with Crippen molar-refractivity contribution in [3.05, 3.63) is 11.6 Å². The minimum Gasteiger partial charge on any atom is -0.394 e. The largest absolute Gasteiger partial charge is 0.394 e. The molecule has 1 aliphatic heterocycles. The molecule has 5 aliphatic rings. The molecule has 44 heavy (non-hydrogen) atoms. The van der Waals surface area contributed by atoms with Crippen molar-refractivity contribution in [2.24, 2.45) is 45.3 Å². The van der Waals surface area contributed by atoms with Gasteiger partial charge in [0.2, 0.25) is 0 Å². The first-order valence-electron chi connectivity index (χ1n) is 17.3. The van der Waals surface area contributed by atoms with Gasteiger partial charge >= 0.3 is 0 Å². The summed E-state index contributed by atoms with van der Waals surface area (Å²) in [4.78, 5) is 0. The van der Waals surface area contributed by atoms with Crippen LogP contribution in [0.15, 0.2) is 11.6 Å². The number of hydrogen-bond acceptors (Lipinski definition) is 8. The Morgan fingerprint density at radius 3 is 2.18 bits per heavy atom. The molecule has 8 nitrogen and oxygen atoms in total. The Bertz CT molecular complexity index is 1070. The van der Waals surface area contributed by atoms with Gasteiger partial charge in [-0.25, -0.2) is 0 Å². The maximum absolute atomic E-state index is 12.0. The first-order chi connectivity index (χ1) is 20.3. The standard InChI is InChI=1S/C36H62O8/c1-20(2)10-9-14-36(8,42)21-11-16-35(7)27(21)22(38)18-25-33(5)15-13-26(32(3,4)24(33)12-17-34(25,35)6)44-31-30(41)29(40)28(39)23(19-37)43-31/h10,21-31,37-42H,9,11-19H2,1-8H3/t21-,22+,23+,24-,25+,26-,27-,28+,29-,30+,31+,33-,34+,35+,36?/m0/s1. The van der Waals surface area contributed by atoms with Crippen LogP contribution in [-0.2, 0) is 9.47 Å². The van der Waals surface area contributed by atoms with Gasteiger partial charge in [-0.15, -0.1) is 0 Å². The summed E-state index contributed by atoms with van der Waals surface area (Å²) in [7, 11) is 0. The Kier molecular flexibility index (Phi) is 9.35. The summed E-state index contributed by atoms with van der Waals surface area (Å²) in [5, 5.41) is 64.8. The molecule has 0 bridgehead atoms. The summed E-state index contributed by atoms with van der Waals surface area (Å²) < 4.78 is 12.2. The third kappa shape index (κ3) is 5.26. The van der Waals surface area contributed by atoms with Crippen LogP contribution in [0.4, 0.5) is 0 Å². The lowest BCUT2D eigenvalue weighted by Gasteiger charge is -2.70. The van der Waals surface area contributed by atoms with Crippen molar-refractivity contribution in [2.75, 3.05) is 6.61 Å². The molecular formula is C36H62O8. The van der Waals surface area contributed by atoms with Crippen LogP contribution in [0.5, 0.6) is 0 Å². The smallest absolute Gasteiger partial charge is 0.186 e. The Hall–Kier alpha value is -0.580. The first-order valence-corrected chi connectivity index (χ1v) is 17.3. The Morgan fingerprint density at radius 1 is 0.886 bits per heavy atom. The quantitative estimate of drug-likeness (QED) is 0.182. The fourth-order valence-corrected chi connectivity index (χ4v) is 11.9. The molecule has 5 rings (SSSR count). The van der Waals surface area contributed by atoms with E-state index in [1.165, 1.54) is 5.57 Å². The van der Waals surface area contributed by atoms with Gasteiger partial charge in [0, 0.05) is 0 Å². The number of aliphatic hydroxyl groups is 6. The van der Waals surface area contributed by atoms with Gasteiger partial charge in [0.15, 0.2) is 6.29 Å². The average Bonchev–Trinajstić information content (AvgIpc) is 3.32. The number of fused-ring (bicyclic) bond motifs is 5. The average molecular weight is 623 g/mol. The molecule has 0 aromatic carbocycles. The highest BCUT2D eigenvalue weighted by Crippen LogP contribution is 2.76. The van der Waals surface area contributed by atoms with Crippen molar-refractivity contribution < 1.29 is 40.1 Å². The van der Waals surface area contributed by atoms with Crippen LogP contribution < -0.4 is 0 Å². The first kappa shape index (κ1) is 34.7. The van der Waals surface area contributed by atoms with Crippen molar-refractivity contribution in [2.45, 2.75) is 162 Å². The van der Waals surface area contributed by atoms with Crippen LogP contribution >= 0.6 is 0 Å². The summed E-state index contributed by atoms with van der Waals surface area (Å²) in [6, 6.07) is 0. The number of hydrogen-bond donors (Lipinski definition) is 6. The lowest BCUT2D eigenvalue weighted by molar-refractivity contribution is -0.332. The zero-order valence-electron chi connectivity index (χ0n) is 28.5. The highest BCUT2D eigenvalue weighted by molar-refractivity contribution is 5.20. The molecule has 8 heteroatoms. The molecule has 0 aromatic heterocycles. The second-order valence-corrected chi connectivity index (χ2v) is 17.3. The molecular weight excluding hydrogens is 560 g/mol. The fourth-order valence-electron chi connectivity index (χ4n) is 11.9. The van der Waals surface area contributed by atoms with Gasteiger partial charge in [0.1, 0.15) is 24.4 Å². The van der Waals surface area contributed by atoms with E-state index in [0.29, 0.717) is 18.3 Å². The van der Waals surface area contributed by atoms with Crippen molar-refractivity contribution in [3.8, 4) is 0 Å². The van der Waals surface area contributed by atoms with E-state index in [-0.39, 0.29) is 39.6 Å². The van der Waals surface area contributed by atoms with Gasteiger partial charge in [-0.1, -0.05) is 46.3 Å². The molecule has 4 aliphatic carbocycles. The predicted molar refractivity (Wildman–Crippen MR) is 168 cm³/mol. The molecule has 0 amide bonds. The van der Waals surface area contributed by atoms with E-state index in [4.69, 9.17) is 9.47 Å². The normalized spacial score (nSPS) is 51.5. The molecule has 1 unspecified atom stereocenters. The van der Waals surface area contributed by atoms with Crippen LogP contribution in [0.25, 0.3) is 0 Å². The van der Waals surface area contributed by atoms with Crippen LogP contribution in [0.1, 0.15) is 113 Å².